The summed E-state index contributed by atoms with van der Waals surface area (Å²) in [5.74, 6) is -5.01. The molecule has 0 unspecified atom stereocenters. The summed E-state index contributed by atoms with van der Waals surface area (Å²) in [6.45, 7) is 10.2. The average molecular weight is 885 g/mol. The summed E-state index contributed by atoms with van der Waals surface area (Å²) >= 11 is 0. The Kier molecular flexibility index (Phi) is 19.2. The van der Waals surface area contributed by atoms with E-state index in [9.17, 15) is 38.0 Å². The molecule has 3 aromatic carbocycles. The largest absolute Gasteiger partial charge is 0.493 e. The summed E-state index contributed by atoms with van der Waals surface area (Å²) in [5.41, 5.74) is 1.78. The van der Waals surface area contributed by atoms with Crippen molar-refractivity contribution in [2.75, 3.05) is 13.3 Å². The van der Waals surface area contributed by atoms with Gasteiger partial charge in [-0.2, -0.15) is 5.06 Å². The van der Waals surface area contributed by atoms with Gasteiger partial charge >= 0.3 is 11.9 Å². The molecule has 1 aromatic heterocycles. The van der Waals surface area contributed by atoms with Crippen LogP contribution >= 0.6 is 0 Å². The Morgan fingerprint density at radius 3 is 2.25 bits per heavy atom. The molecule has 4 rings (SSSR count). The van der Waals surface area contributed by atoms with Gasteiger partial charge in [0.15, 0.2) is 5.76 Å². The second kappa shape index (κ2) is 24.7. The van der Waals surface area contributed by atoms with Crippen molar-refractivity contribution in [1.29, 1.82) is 0 Å². The third kappa shape index (κ3) is 14.1. The van der Waals surface area contributed by atoms with Crippen LogP contribution < -0.4 is 20.7 Å². The fourth-order valence-corrected chi connectivity index (χ4v) is 6.99. The minimum absolute atomic E-state index is 0.0394. The number of hydroxylamine groups is 2. The van der Waals surface area contributed by atoms with Gasteiger partial charge in [-0.05, 0) is 86.2 Å². The fraction of sp³-hybridized carbons (Fsp3) is 0.396. The van der Waals surface area contributed by atoms with Crippen LogP contribution in [0.5, 0.6) is 5.75 Å². The molecule has 1 heterocycles. The van der Waals surface area contributed by atoms with E-state index >= 15 is 0 Å². The Balaban J connectivity index is 1.42. The Bertz CT molecular complexity index is 2240. The number of ether oxygens (including phenoxy) is 2. The number of carbonyl (C=O) groups is 7. The number of nitrogens with one attached hydrogen (secondary N) is 3. The van der Waals surface area contributed by atoms with Crippen molar-refractivity contribution in [2.45, 2.75) is 105 Å². The molecule has 0 fully saturated rings. The van der Waals surface area contributed by atoms with Crippen LogP contribution in [0.25, 0.3) is 11.3 Å². The summed E-state index contributed by atoms with van der Waals surface area (Å²) in [6, 6.07) is 18.1. The van der Waals surface area contributed by atoms with Gasteiger partial charge in [0.2, 0.25) is 12.3 Å². The lowest BCUT2D eigenvalue weighted by atomic mass is 9.90. The maximum Gasteiger partial charge on any atom is 0.363 e. The van der Waals surface area contributed by atoms with E-state index in [0.717, 1.165) is 29.5 Å². The number of halogens is 1. The normalized spacial score (nSPS) is 12.3. The number of hydrogen-bond donors (Lipinski definition) is 3. The van der Waals surface area contributed by atoms with E-state index in [1.807, 2.05) is 13.0 Å². The van der Waals surface area contributed by atoms with Gasteiger partial charge in [-0.25, -0.2) is 14.0 Å². The zero-order chi connectivity index (χ0) is 46.8. The van der Waals surface area contributed by atoms with Crippen LogP contribution in [0.4, 0.5) is 4.39 Å². The molecule has 3 atom stereocenters. The molecule has 0 spiro atoms. The monoisotopic (exact) mass is 884 g/mol. The van der Waals surface area contributed by atoms with Crippen molar-refractivity contribution in [3.05, 3.63) is 113 Å². The van der Waals surface area contributed by atoms with Gasteiger partial charge in [0.1, 0.15) is 35.8 Å². The summed E-state index contributed by atoms with van der Waals surface area (Å²) in [5, 5.41) is 8.73. The molecule has 0 aliphatic heterocycles. The first-order valence-electron chi connectivity index (χ1n) is 21.4. The first kappa shape index (κ1) is 49.8. The molecule has 4 aromatic rings. The van der Waals surface area contributed by atoms with Crippen LogP contribution in [-0.4, -0.2) is 72.3 Å². The summed E-state index contributed by atoms with van der Waals surface area (Å²) in [6.07, 6.45) is 2.98. The molecule has 0 saturated heterocycles. The van der Waals surface area contributed by atoms with Gasteiger partial charge in [0.25, 0.3) is 11.8 Å². The molecule has 0 aliphatic rings. The van der Waals surface area contributed by atoms with Gasteiger partial charge in [0, 0.05) is 12.0 Å². The predicted molar refractivity (Wildman–Crippen MR) is 234 cm³/mol. The quantitative estimate of drug-likeness (QED) is 0.0197. The van der Waals surface area contributed by atoms with Crippen LogP contribution in [0.3, 0.4) is 0 Å². The molecular weight excluding hydrogens is 828 g/mol. The van der Waals surface area contributed by atoms with Crippen molar-refractivity contribution in [3.63, 3.8) is 0 Å². The number of hydrogen-bond acceptors (Lipinski definition) is 11. The zero-order valence-corrected chi connectivity index (χ0v) is 37.1. The van der Waals surface area contributed by atoms with Gasteiger partial charge in [-0.1, -0.05) is 83.4 Å². The number of carbonyl (C=O) groups excluding carboxylic acids is 7. The third-order valence-electron chi connectivity index (χ3n) is 10.3. The highest BCUT2D eigenvalue weighted by Crippen LogP contribution is 2.30. The first-order valence-corrected chi connectivity index (χ1v) is 21.4. The van der Waals surface area contributed by atoms with Crippen LogP contribution in [-0.2, 0) is 35.4 Å². The molecule has 0 bridgehead atoms. The minimum atomic E-state index is -1.25. The van der Waals surface area contributed by atoms with Gasteiger partial charge in [0.05, 0.1) is 36.4 Å². The lowest BCUT2D eigenvalue weighted by Crippen LogP contribution is -2.49. The standard InChI is InChI=1S/C48H57FN4O11/c1-7-10-12-17-36(40(8-2)53(29-54)64-47(59)35-21-19-34(49)26-38(35)30(4)5)44(56)50-28-51-46(58)42-23-22-41(63-42)33-18-20-37(43(25-33)61-9-3)45(57)52-39(24-31(6)55)48(60)62-27-32-15-13-11-14-16-32/h11,13-16,18-23,25-26,29-30,36,39-40H,7-10,12,17,24,27-28H2,1-6H3,(H,50,56)(H,51,58)(H,52,57)/t36-,39+,40-/m1/s1. The summed E-state index contributed by atoms with van der Waals surface area (Å²) in [7, 11) is 0. The first-order chi connectivity index (χ1) is 30.7. The SMILES string of the molecule is CCCCC[C@@H](C(=O)NCNC(=O)c1ccc(-c2ccc(C(=O)N[C@@H](CC(C)=O)C(=O)OCc3ccccc3)c(OCC)c2)o1)[C@@H](CC)N(C=O)OC(=O)c1ccc(F)cc1C(C)C. The number of furan rings is 1. The highest BCUT2D eigenvalue weighted by molar-refractivity contribution is 6.00. The van der Waals surface area contributed by atoms with E-state index in [1.54, 1.807) is 70.2 Å². The highest BCUT2D eigenvalue weighted by atomic mass is 19.1. The predicted octanol–water partition coefficient (Wildman–Crippen LogP) is 7.44. The zero-order valence-electron chi connectivity index (χ0n) is 37.1. The van der Waals surface area contributed by atoms with E-state index in [2.05, 4.69) is 16.0 Å². The van der Waals surface area contributed by atoms with Crippen molar-refractivity contribution >= 4 is 41.9 Å². The molecule has 3 N–H and O–H groups in total. The van der Waals surface area contributed by atoms with Crippen LogP contribution in [0.2, 0.25) is 0 Å². The maximum atomic E-state index is 14.0. The van der Waals surface area contributed by atoms with E-state index in [-0.39, 0.29) is 72.8 Å². The van der Waals surface area contributed by atoms with Crippen molar-refractivity contribution in [3.8, 4) is 17.1 Å². The fourth-order valence-electron chi connectivity index (χ4n) is 6.99. The molecule has 0 aliphatic carbocycles. The smallest absolute Gasteiger partial charge is 0.363 e. The van der Waals surface area contributed by atoms with E-state index < -0.39 is 53.5 Å². The lowest BCUT2D eigenvalue weighted by molar-refractivity contribution is -0.171. The second-order valence-electron chi connectivity index (χ2n) is 15.4. The number of esters is 1. The average Bonchev–Trinajstić information content (AvgIpc) is 3.78. The Labute approximate surface area is 372 Å². The molecule has 15 nitrogen and oxygen atoms in total. The number of unbranched alkanes of at least 4 members (excludes halogenated alkanes) is 2. The van der Waals surface area contributed by atoms with Gasteiger partial charge in [-0.3, -0.25) is 24.0 Å². The Hall–Kier alpha value is -6.84. The lowest BCUT2D eigenvalue weighted by Gasteiger charge is -2.32. The van der Waals surface area contributed by atoms with E-state index in [1.165, 1.54) is 31.2 Å². The van der Waals surface area contributed by atoms with Crippen LogP contribution in [0.1, 0.15) is 128 Å². The number of amides is 4. The molecule has 342 valence electrons. The summed E-state index contributed by atoms with van der Waals surface area (Å²) < 4.78 is 31.0. The maximum absolute atomic E-state index is 14.0. The molecule has 0 radical (unpaired) electrons. The molecule has 64 heavy (non-hydrogen) atoms. The van der Waals surface area contributed by atoms with Crippen molar-refractivity contribution < 1.29 is 56.7 Å². The number of nitrogens with zero attached hydrogens (tertiary/aromatic N) is 1. The highest BCUT2D eigenvalue weighted by Gasteiger charge is 2.34. The number of rotatable bonds is 25. The Morgan fingerprint density at radius 2 is 1.59 bits per heavy atom. The third-order valence-corrected chi connectivity index (χ3v) is 10.3. The van der Waals surface area contributed by atoms with Gasteiger partial charge in [-0.15, -0.1) is 0 Å². The number of Topliss-reactive ketones (excluding diaryl/α,β-unsaturated/α-hetero) is 1. The van der Waals surface area contributed by atoms with E-state index in [4.69, 9.17) is 18.7 Å². The molecule has 4 amide bonds. The van der Waals surface area contributed by atoms with Gasteiger partial charge < -0.3 is 34.7 Å². The van der Waals surface area contributed by atoms with Crippen molar-refractivity contribution in [2.24, 2.45) is 5.92 Å². The number of ketones is 1. The van der Waals surface area contributed by atoms with Crippen molar-refractivity contribution in [1.82, 2.24) is 21.0 Å². The second-order valence-corrected chi connectivity index (χ2v) is 15.4. The van der Waals surface area contributed by atoms with Crippen LogP contribution in [0.15, 0.2) is 83.3 Å². The minimum Gasteiger partial charge on any atom is -0.493 e. The Morgan fingerprint density at radius 1 is 0.859 bits per heavy atom. The van der Waals surface area contributed by atoms with E-state index in [0.29, 0.717) is 30.4 Å². The van der Waals surface area contributed by atoms with Crippen LogP contribution in [0, 0.1) is 11.7 Å². The molecule has 0 saturated carbocycles. The number of benzene rings is 3. The molecule has 16 heteroatoms. The summed E-state index contributed by atoms with van der Waals surface area (Å²) in [4.78, 5) is 96.5. The topological polar surface area (TPSA) is 200 Å². The molecular formula is C48H57FN4O11.